The van der Waals surface area contributed by atoms with Crippen molar-refractivity contribution < 1.29 is 4.79 Å². The second-order valence-electron chi connectivity index (χ2n) is 5.77. The molecule has 4 rings (SSSR count). The topological polar surface area (TPSA) is 93.8 Å². The molecule has 3 N–H and O–H groups in total. The lowest BCUT2D eigenvalue weighted by Gasteiger charge is -2.08. The zero-order valence-corrected chi connectivity index (χ0v) is 14.4. The number of nitrogen functional groups attached to an aromatic ring is 1. The van der Waals surface area contributed by atoms with Crippen LogP contribution in [-0.2, 0) is 0 Å². The molecule has 8 heteroatoms. The van der Waals surface area contributed by atoms with Crippen molar-refractivity contribution in [3.63, 3.8) is 0 Å². The first-order chi connectivity index (χ1) is 11.5. The van der Waals surface area contributed by atoms with Gasteiger partial charge in [0.2, 0.25) is 5.95 Å². The van der Waals surface area contributed by atoms with Gasteiger partial charge >= 0.3 is 0 Å². The van der Waals surface area contributed by atoms with E-state index in [1.807, 2.05) is 6.07 Å². The summed E-state index contributed by atoms with van der Waals surface area (Å²) in [6, 6.07) is 3.96. The predicted octanol–water partition coefficient (Wildman–Crippen LogP) is 3.77. The summed E-state index contributed by atoms with van der Waals surface area (Å²) in [5, 5.41) is 4.40. The molecular formula is C16H14ClN5OS. The number of Topliss-reactive ketones (excluding diaryl/α,β-unsaturated/α-hetero) is 1. The summed E-state index contributed by atoms with van der Waals surface area (Å²) in [5.41, 5.74) is 8.08. The number of pyridine rings is 1. The van der Waals surface area contributed by atoms with E-state index in [4.69, 9.17) is 17.3 Å². The minimum Gasteiger partial charge on any atom is -0.397 e. The van der Waals surface area contributed by atoms with Gasteiger partial charge in [0.1, 0.15) is 9.98 Å². The van der Waals surface area contributed by atoms with E-state index in [9.17, 15) is 4.79 Å². The van der Waals surface area contributed by atoms with Crippen molar-refractivity contribution in [2.75, 3.05) is 11.1 Å². The van der Waals surface area contributed by atoms with Crippen molar-refractivity contribution >= 4 is 50.6 Å². The van der Waals surface area contributed by atoms with E-state index in [0.29, 0.717) is 43.6 Å². The number of rotatable bonds is 4. The summed E-state index contributed by atoms with van der Waals surface area (Å²) >= 11 is 7.17. The number of anilines is 2. The second-order valence-corrected chi connectivity index (χ2v) is 7.15. The van der Waals surface area contributed by atoms with Gasteiger partial charge in [-0.2, -0.15) is 0 Å². The third kappa shape index (κ3) is 2.70. The van der Waals surface area contributed by atoms with Crippen LogP contribution in [0.2, 0.25) is 5.15 Å². The van der Waals surface area contributed by atoms with Crippen LogP contribution >= 0.6 is 22.9 Å². The molecule has 0 atom stereocenters. The number of nitrogens with zero attached hydrogens (tertiary/aromatic N) is 3. The Morgan fingerprint density at radius 2 is 2.17 bits per heavy atom. The molecule has 0 amide bonds. The van der Waals surface area contributed by atoms with Gasteiger partial charge in [-0.15, -0.1) is 11.3 Å². The van der Waals surface area contributed by atoms with Crippen LogP contribution in [0.1, 0.15) is 29.4 Å². The first kappa shape index (κ1) is 15.3. The van der Waals surface area contributed by atoms with Crippen molar-refractivity contribution in [2.45, 2.75) is 25.8 Å². The van der Waals surface area contributed by atoms with E-state index >= 15 is 0 Å². The maximum absolute atomic E-state index is 11.8. The van der Waals surface area contributed by atoms with Crippen LogP contribution in [0, 0.1) is 0 Å². The highest BCUT2D eigenvalue weighted by atomic mass is 35.5. The number of nitrogens with two attached hydrogens (primary N) is 1. The first-order valence-corrected chi connectivity index (χ1v) is 8.72. The van der Waals surface area contributed by atoms with Gasteiger partial charge in [0, 0.05) is 24.7 Å². The third-order valence-electron chi connectivity index (χ3n) is 3.82. The summed E-state index contributed by atoms with van der Waals surface area (Å²) < 4.78 is 0. The molecule has 24 heavy (non-hydrogen) atoms. The molecule has 1 aliphatic rings. The van der Waals surface area contributed by atoms with Crippen molar-refractivity contribution in [3.05, 3.63) is 28.4 Å². The minimum atomic E-state index is -0.0765. The van der Waals surface area contributed by atoms with Crippen LogP contribution in [0.3, 0.4) is 0 Å². The molecule has 0 aliphatic heterocycles. The van der Waals surface area contributed by atoms with Gasteiger partial charge < -0.3 is 11.1 Å². The van der Waals surface area contributed by atoms with E-state index < -0.39 is 0 Å². The van der Waals surface area contributed by atoms with E-state index in [1.165, 1.54) is 18.3 Å². The summed E-state index contributed by atoms with van der Waals surface area (Å²) in [7, 11) is 0. The molecule has 3 aromatic rings. The average molecular weight is 360 g/mol. The van der Waals surface area contributed by atoms with Crippen LogP contribution < -0.4 is 11.1 Å². The number of thiophene rings is 1. The van der Waals surface area contributed by atoms with Crippen LogP contribution in [0.25, 0.3) is 21.5 Å². The monoisotopic (exact) mass is 359 g/mol. The molecule has 1 fully saturated rings. The number of halogens is 1. The highest BCUT2D eigenvalue weighted by Crippen LogP contribution is 2.39. The SMILES string of the molecule is CC(=O)c1sc2nc(NC3CC3)nc(-c3ccc(Cl)nc3)c2c1N. The Morgan fingerprint density at radius 1 is 1.38 bits per heavy atom. The molecule has 0 saturated heterocycles. The number of nitrogens with one attached hydrogen (secondary N) is 1. The quantitative estimate of drug-likeness (QED) is 0.544. The van der Waals surface area contributed by atoms with Gasteiger partial charge in [-0.05, 0) is 25.0 Å². The Bertz CT molecular complexity index is 949. The van der Waals surface area contributed by atoms with E-state index in [-0.39, 0.29) is 5.78 Å². The number of carbonyl (C=O) groups excluding carboxylic acids is 1. The third-order valence-corrected chi connectivity index (χ3v) is 5.24. The zero-order valence-electron chi connectivity index (χ0n) is 12.8. The Hall–Kier alpha value is -2.25. The Kier molecular flexibility index (Phi) is 3.62. The molecule has 0 bridgehead atoms. The van der Waals surface area contributed by atoms with Gasteiger partial charge in [-0.3, -0.25) is 4.79 Å². The van der Waals surface area contributed by atoms with Gasteiger partial charge in [-0.25, -0.2) is 15.0 Å². The second kappa shape index (κ2) is 5.68. The van der Waals surface area contributed by atoms with Gasteiger partial charge in [-0.1, -0.05) is 11.6 Å². The standard InChI is InChI=1S/C16H14ClN5OS/c1-7(23)14-12(18)11-13(8-2-5-10(17)19-6-8)21-16(20-9-3-4-9)22-15(11)24-14/h2,5-6,9H,3-4,18H2,1H3,(H,20,21,22). The smallest absolute Gasteiger partial charge is 0.224 e. The fourth-order valence-corrected chi connectivity index (χ4v) is 3.58. The lowest BCUT2D eigenvalue weighted by atomic mass is 10.1. The number of hydrogen-bond donors (Lipinski definition) is 2. The molecule has 0 radical (unpaired) electrons. The Labute approximate surface area is 147 Å². The summed E-state index contributed by atoms with van der Waals surface area (Å²) in [6.07, 6.45) is 3.88. The number of carbonyl (C=O) groups is 1. The molecule has 0 aromatic carbocycles. The van der Waals surface area contributed by atoms with E-state index in [0.717, 1.165) is 18.4 Å². The molecule has 3 aromatic heterocycles. The molecule has 122 valence electrons. The number of ketones is 1. The summed E-state index contributed by atoms with van der Waals surface area (Å²) in [5.74, 6) is 0.471. The number of aromatic nitrogens is 3. The van der Waals surface area contributed by atoms with Crippen molar-refractivity contribution in [3.8, 4) is 11.3 Å². The van der Waals surface area contributed by atoms with Gasteiger partial charge in [0.25, 0.3) is 0 Å². The lowest BCUT2D eigenvalue weighted by Crippen LogP contribution is -2.06. The molecule has 6 nitrogen and oxygen atoms in total. The average Bonchev–Trinajstić information content (AvgIpc) is 3.29. The van der Waals surface area contributed by atoms with Crippen LogP contribution in [-0.4, -0.2) is 26.8 Å². The van der Waals surface area contributed by atoms with E-state index in [1.54, 1.807) is 12.3 Å². The molecule has 0 unspecified atom stereocenters. The van der Waals surface area contributed by atoms with Crippen LogP contribution in [0.15, 0.2) is 18.3 Å². The first-order valence-electron chi connectivity index (χ1n) is 7.52. The maximum atomic E-state index is 11.8. The predicted molar refractivity (Wildman–Crippen MR) is 96.7 cm³/mol. The number of hydrogen-bond acceptors (Lipinski definition) is 7. The summed E-state index contributed by atoms with van der Waals surface area (Å²) in [4.78, 5) is 26.3. The zero-order chi connectivity index (χ0) is 16.8. The Morgan fingerprint density at radius 3 is 2.79 bits per heavy atom. The van der Waals surface area contributed by atoms with E-state index in [2.05, 4.69) is 20.3 Å². The minimum absolute atomic E-state index is 0.0765. The Balaban J connectivity index is 1.96. The van der Waals surface area contributed by atoms with Crippen molar-refractivity contribution in [1.29, 1.82) is 0 Å². The van der Waals surface area contributed by atoms with Crippen molar-refractivity contribution in [1.82, 2.24) is 15.0 Å². The molecule has 1 aliphatic carbocycles. The molecule has 0 spiro atoms. The maximum Gasteiger partial charge on any atom is 0.224 e. The normalized spacial score (nSPS) is 14.1. The van der Waals surface area contributed by atoms with Crippen LogP contribution in [0.5, 0.6) is 0 Å². The molecule has 3 heterocycles. The lowest BCUT2D eigenvalue weighted by molar-refractivity contribution is 0.102. The number of fused-ring (bicyclic) bond motifs is 1. The van der Waals surface area contributed by atoms with Gasteiger partial charge in [0.15, 0.2) is 5.78 Å². The fraction of sp³-hybridized carbons (Fsp3) is 0.250. The van der Waals surface area contributed by atoms with Crippen LogP contribution in [0.4, 0.5) is 11.6 Å². The fourth-order valence-electron chi connectivity index (χ4n) is 2.48. The molecule has 1 saturated carbocycles. The largest absolute Gasteiger partial charge is 0.397 e. The van der Waals surface area contributed by atoms with Gasteiger partial charge in [0.05, 0.1) is 21.6 Å². The highest BCUT2D eigenvalue weighted by Gasteiger charge is 2.25. The molecular weight excluding hydrogens is 346 g/mol. The van der Waals surface area contributed by atoms with Crippen molar-refractivity contribution in [2.24, 2.45) is 0 Å². The summed E-state index contributed by atoms with van der Waals surface area (Å²) in [6.45, 7) is 1.50. The highest BCUT2D eigenvalue weighted by molar-refractivity contribution is 7.21.